The number of ether oxygens (including phenoxy) is 2. The normalized spacial score (nSPS) is 20.3. The Hall–Kier alpha value is -2.36. The molecule has 1 saturated carbocycles. The van der Waals surface area contributed by atoms with Gasteiger partial charge in [-0.3, -0.25) is 0 Å². The molecular weight excluding hydrogens is 472 g/mol. The highest BCUT2D eigenvalue weighted by molar-refractivity contribution is 5.65. The summed E-state index contributed by atoms with van der Waals surface area (Å²) in [6, 6.07) is 8.17. The van der Waals surface area contributed by atoms with Gasteiger partial charge in [0.25, 0.3) is 6.17 Å². The van der Waals surface area contributed by atoms with Crippen molar-refractivity contribution in [3.8, 4) is 16.9 Å². The van der Waals surface area contributed by atoms with Crippen LogP contribution in [0.25, 0.3) is 11.1 Å². The van der Waals surface area contributed by atoms with E-state index in [9.17, 15) is 35.1 Å². The molecule has 10 heteroatoms. The number of alkyl halides is 6. The van der Waals surface area contributed by atoms with Gasteiger partial charge in [-0.1, -0.05) is 24.3 Å². The molecule has 2 aromatic carbocycles. The quantitative estimate of drug-likeness (QED) is 0.347. The first kappa shape index (κ1) is 26.2. The van der Waals surface area contributed by atoms with E-state index in [0.29, 0.717) is 29.5 Å². The Balaban J connectivity index is 1.71. The summed E-state index contributed by atoms with van der Waals surface area (Å²) in [6.45, 7) is 0.731. The fourth-order valence-electron chi connectivity index (χ4n) is 4.22. The Morgan fingerprint density at radius 1 is 0.882 bits per heavy atom. The number of halogens is 8. The van der Waals surface area contributed by atoms with Gasteiger partial charge < -0.3 is 9.47 Å². The van der Waals surface area contributed by atoms with Gasteiger partial charge in [0.05, 0.1) is 0 Å². The van der Waals surface area contributed by atoms with Crippen LogP contribution in [-0.4, -0.2) is 32.2 Å². The predicted molar refractivity (Wildman–Crippen MR) is 110 cm³/mol. The SMILES string of the molecule is COCCC1CCC(c2ccc(-c3cc(F)c(OC(F)(F)C(F)C(F)(F)F)c(F)c3)cc2)CC1. The van der Waals surface area contributed by atoms with Crippen LogP contribution in [0.3, 0.4) is 0 Å². The molecule has 2 aromatic rings. The zero-order valence-electron chi connectivity index (χ0n) is 18.3. The van der Waals surface area contributed by atoms with E-state index in [-0.39, 0.29) is 5.56 Å². The van der Waals surface area contributed by atoms with Crippen molar-refractivity contribution in [2.75, 3.05) is 13.7 Å². The van der Waals surface area contributed by atoms with Crippen molar-refractivity contribution in [1.82, 2.24) is 0 Å². The van der Waals surface area contributed by atoms with Gasteiger partial charge >= 0.3 is 12.3 Å². The van der Waals surface area contributed by atoms with Crippen LogP contribution in [-0.2, 0) is 4.74 Å². The van der Waals surface area contributed by atoms with Crippen molar-refractivity contribution < 1.29 is 44.6 Å². The number of hydrogen-bond donors (Lipinski definition) is 0. The zero-order valence-corrected chi connectivity index (χ0v) is 18.3. The molecule has 0 bridgehead atoms. The molecule has 0 aliphatic heterocycles. The smallest absolute Gasteiger partial charge is 0.424 e. The van der Waals surface area contributed by atoms with E-state index >= 15 is 0 Å². The minimum absolute atomic E-state index is 0.0342. The minimum atomic E-state index is -5.97. The van der Waals surface area contributed by atoms with Crippen LogP contribution in [0, 0.1) is 17.6 Å². The van der Waals surface area contributed by atoms with E-state index in [4.69, 9.17) is 4.74 Å². The summed E-state index contributed by atoms with van der Waals surface area (Å²) in [5.41, 5.74) is 1.40. The van der Waals surface area contributed by atoms with Crippen LogP contribution >= 0.6 is 0 Å². The summed E-state index contributed by atoms with van der Waals surface area (Å²) in [7, 11) is 1.67. The van der Waals surface area contributed by atoms with Crippen molar-refractivity contribution in [2.45, 2.75) is 56.5 Å². The summed E-state index contributed by atoms with van der Waals surface area (Å²) in [5, 5.41) is 0. The van der Waals surface area contributed by atoms with E-state index in [0.717, 1.165) is 44.3 Å². The van der Waals surface area contributed by atoms with Crippen molar-refractivity contribution in [3.63, 3.8) is 0 Å². The largest absolute Gasteiger partial charge is 0.439 e. The van der Waals surface area contributed by atoms with Gasteiger partial charge in [-0.25, -0.2) is 13.2 Å². The van der Waals surface area contributed by atoms with E-state index in [1.807, 2.05) is 12.1 Å². The predicted octanol–water partition coefficient (Wildman–Crippen LogP) is 7.81. The first-order valence-electron chi connectivity index (χ1n) is 10.8. The van der Waals surface area contributed by atoms with Crippen molar-refractivity contribution in [2.24, 2.45) is 5.92 Å². The van der Waals surface area contributed by atoms with E-state index < -0.39 is 35.8 Å². The van der Waals surface area contributed by atoms with Crippen LogP contribution in [0.15, 0.2) is 36.4 Å². The molecule has 0 amide bonds. The molecule has 1 aliphatic carbocycles. The minimum Gasteiger partial charge on any atom is -0.424 e. The maximum Gasteiger partial charge on any atom is 0.439 e. The molecule has 0 spiro atoms. The van der Waals surface area contributed by atoms with Crippen LogP contribution < -0.4 is 4.74 Å². The monoisotopic (exact) mass is 496 g/mol. The van der Waals surface area contributed by atoms with Crippen molar-refractivity contribution in [3.05, 3.63) is 53.6 Å². The summed E-state index contributed by atoms with van der Waals surface area (Å²) in [4.78, 5) is 0. The molecule has 0 N–H and O–H groups in total. The zero-order chi connectivity index (χ0) is 25.1. The standard InChI is InChI=1S/C24H24F8O2/c1-33-11-10-14-2-4-15(5-3-14)16-6-8-17(9-7-16)18-12-19(25)21(20(26)13-18)34-24(31,32)22(27)23(28,29)30/h6-9,12-15,22H,2-5,10-11H2,1H3. The lowest BCUT2D eigenvalue weighted by molar-refractivity contribution is -0.306. The lowest BCUT2D eigenvalue weighted by Gasteiger charge is -2.28. The molecule has 1 aliphatic rings. The molecule has 0 aromatic heterocycles. The molecule has 2 nitrogen and oxygen atoms in total. The Morgan fingerprint density at radius 3 is 1.94 bits per heavy atom. The molecule has 3 rings (SSSR count). The van der Waals surface area contributed by atoms with Gasteiger partial charge in [-0.05, 0) is 72.8 Å². The Labute approximate surface area is 191 Å². The second-order valence-electron chi connectivity index (χ2n) is 8.46. The van der Waals surface area contributed by atoms with Gasteiger partial charge in [0, 0.05) is 13.7 Å². The molecule has 188 valence electrons. The van der Waals surface area contributed by atoms with E-state index in [1.165, 1.54) is 0 Å². The van der Waals surface area contributed by atoms with Crippen LogP contribution in [0.4, 0.5) is 35.1 Å². The van der Waals surface area contributed by atoms with E-state index in [1.54, 1.807) is 19.2 Å². The van der Waals surface area contributed by atoms with Crippen LogP contribution in [0.2, 0.25) is 0 Å². The van der Waals surface area contributed by atoms with Gasteiger partial charge in [0.2, 0.25) is 0 Å². The fourth-order valence-corrected chi connectivity index (χ4v) is 4.22. The summed E-state index contributed by atoms with van der Waals surface area (Å²) in [5.74, 6) is -4.17. The maximum absolute atomic E-state index is 14.3. The Kier molecular flexibility index (Phi) is 8.10. The lowest BCUT2D eigenvalue weighted by atomic mass is 9.77. The highest BCUT2D eigenvalue weighted by atomic mass is 19.4. The molecule has 0 saturated heterocycles. The van der Waals surface area contributed by atoms with Gasteiger partial charge in [0.15, 0.2) is 17.4 Å². The second-order valence-corrected chi connectivity index (χ2v) is 8.46. The third-order valence-corrected chi connectivity index (χ3v) is 6.11. The molecule has 1 atom stereocenters. The van der Waals surface area contributed by atoms with Gasteiger partial charge in [-0.15, -0.1) is 0 Å². The molecule has 1 unspecified atom stereocenters. The van der Waals surface area contributed by atoms with Crippen LogP contribution in [0.5, 0.6) is 5.75 Å². The lowest BCUT2D eigenvalue weighted by Crippen LogP contribution is -2.46. The maximum atomic E-state index is 14.3. The Morgan fingerprint density at radius 2 is 1.44 bits per heavy atom. The first-order valence-corrected chi connectivity index (χ1v) is 10.8. The molecular formula is C24H24F8O2. The van der Waals surface area contributed by atoms with Crippen LogP contribution in [0.1, 0.15) is 43.6 Å². The summed E-state index contributed by atoms with van der Waals surface area (Å²) < 4.78 is 114. The molecule has 34 heavy (non-hydrogen) atoms. The Bertz CT molecular complexity index is 927. The molecule has 0 heterocycles. The highest BCUT2D eigenvalue weighted by Crippen LogP contribution is 2.40. The van der Waals surface area contributed by atoms with Gasteiger partial charge in [0.1, 0.15) is 0 Å². The second kappa shape index (κ2) is 10.5. The number of benzene rings is 2. The van der Waals surface area contributed by atoms with E-state index in [2.05, 4.69) is 4.74 Å². The van der Waals surface area contributed by atoms with Gasteiger partial charge in [-0.2, -0.15) is 22.0 Å². The molecule has 1 fully saturated rings. The average Bonchev–Trinajstić information content (AvgIpc) is 2.79. The first-order chi connectivity index (χ1) is 15.9. The number of hydrogen-bond acceptors (Lipinski definition) is 2. The average molecular weight is 496 g/mol. The fraction of sp³-hybridized carbons (Fsp3) is 0.500. The highest BCUT2D eigenvalue weighted by Gasteiger charge is 2.59. The summed E-state index contributed by atoms with van der Waals surface area (Å²) >= 11 is 0. The van der Waals surface area contributed by atoms with Crippen molar-refractivity contribution in [1.29, 1.82) is 0 Å². The topological polar surface area (TPSA) is 18.5 Å². The van der Waals surface area contributed by atoms with Crippen molar-refractivity contribution >= 4 is 0 Å². The molecule has 0 radical (unpaired) electrons. The number of methoxy groups -OCH3 is 1. The third kappa shape index (κ3) is 6.20. The third-order valence-electron chi connectivity index (χ3n) is 6.11. The summed E-state index contributed by atoms with van der Waals surface area (Å²) in [6.07, 6.45) is -11.0. The number of rotatable bonds is 8.